The predicted octanol–water partition coefficient (Wildman–Crippen LogP) is 2.49. The van der Waals surface area contributed by atoms with Crippen molar-refractivity contribution in [3.8, 4) is 5.75 Å². The van der Waals surface area contributed by atoms with Crippen molar-refractivity contribution in [3.05, 3.63) is 52.2 Å². The van der Waals surface area contributed by atoms with Gasteiger partial charge in [0.25, 0.3) is 0 Å². The molecule has 0 aliphatic rings. The minimum atomic E-state index is -0.701. The van der Waals surface area contributed by atoms with Crippen molar-refractivity contribution < 1.29 is 14.6 Å². The quantitative estimate of drug-likeness (QED) is 0.892. The number of aliphatic hydroxyl groups is 1. The largest absolute Gasteiger partial charge is 0.497 e. The highest BCUT2D eigenvalue weighted by atomic mass is 32.1. The number of carbonyl (C=O) groups is 1. The van der Waals surface area contributed by atoms with Crippen molar-refractivity contribution in [2.45, 2.75) is 12.5 Å². The first-order valence-electron chi connectivity index (χ1n) is 6.68. The molecule has 4 nitrogen and oxygen atoms in total. The number of likely N-dealkylation sites (N-methyl/N-ethyl adjacent to an activating group) is 1. The first-order valence-corrected chi connectivity index (χ1v) is 7.56. The average molecular weight is 305 g/mol. The Hall–Kier alpha value is -1.85. The molecule has 0 saturated heterocycles. The van der Waals surface area contributed by atoms with Gasteiger partial charge in [0, 0.05) is 11.9 Å². The lowest BCUT2D eigenvalue weighted by Gasteiger charge is -2.21. The molecule has 1 atom stereocenters. The molecule has 0 saturated carbocycles. The van der Waals surface area contributed by atoms with E-state index in [1.807, 2.05) is 17.5 Å². The zero-order valence-electron chi connectivity index (χ0n) is 12.2. The van der Waals surface area contributed by atoms with E-state index in [4.69, 9.17) is 4.74 Å². The van der Waals surface area contributed by atoms with Crippen molar-refractivity contribution >= 4 is 17.2 Å². The van der Waals surface area contributed by atoms with Gasteiger partial charge in [0.05, 0.1) is 26.2 Å². The van der Waals surface area contributed by atoms with Gasteiger partial charge in [-0.2, -0.15) is 0 Å². The van der Waals surface area contributed by atoms with E-state index in [-0.39, 0.29) is 12.5 Å². The number of carbonyl (C=O) groups excluding carboxylic acids is 1. The van der Waals surface area contributed by atoms with Crippen LogP contribution < -0.4 is 4.74 Å². The number of rotatable bonds is 6. The number of methoxy groups -OCH3 is 1. The zero-order chi connectivity index (χ0) is 15.2. The van der Waals surface area contributed by atoms with Gasteiger partial charge in [-0.05, 0) is 29.1 Å². The Balaban J connectivity index is 1.91. The molecule has 1 unspecified atom stereocenters. The Kier molecular flexibility index (Phi) is 5.36. The lowest BCUT2D eigenvalue weighted by Crippen LogP contribution is -2.32. The highest BCUT2D eigenvalue weighted by Gasteiger charge is 2.16. The Morgan fingerprint density at radius 2 is 2.05 bits per heavy atom. The second-order valence-electron chi connectivity index (χ2n) is 4.82. The number of aliphatic hydroxyl groups excluding tert-OH is 1. The van der Waals surface area contributed by atoms with Crippen LogP contribution in [0.4, 0.5) is 0 Å². The Morgan fingerprint density at radius 3 is 2.62 bits per heavy atom. The molecule has 21 heavy (non-hydrogen) atoms. The van der Waals surface area contributed by atoms with E-state index in [1.165, 1.54) is 0 Å². The van der Waals surface area contributed by atoms with Gasteiger partial charge in [0.1, 0.15) is 5.75 Å². The summed E-state index contributed by atoms with van der Waals surface area (Å²) >= 11 is 1.56. The molecule has 1 N–H and O–H groups in total. The minimum Gasteiger partial charge on any atom is -0.497 e. The van der Waals surface area contributed by atoms with E-state index in [9.17, 15) is 9.90 Å². The van der Waals surface area contributed by atoms with Crippen LogP contribution in [0.1, 0.15) is 16.5 Å². The molecule has 1 aromatic heterocycles. The van der Waals surface area contributed by atoms with Gasteiger partial charge in [-0.15, -0.1) is 11.3 Å². The van der Waals surface area contributed by atoms with Gasteiger partial charge in [-0.3, -0.25) is 4.79 Å². The summed E-state index contributed by atoms with van der Waals surface area (Å²) in [7, 11) is 3.31. The van der Waals surface area contributed by atoms with Crippen LogP contribution in [0.3, 0.4) is 0 Å². The molecule has 0 spiro atoms. The van der Waals surface area contributed by atoms with Gasteiger partial charge in [-0.1, -0.05) is 18.2 Å². The molecule has 2 aromatic rings. The van der Waals surface area contributed by atoms with E-state index >= 15 is 0 Å². The molecule has 0 aliphatic carbocycles. The SMILES string of the molecule is COc1ccc(C(O)CN(C)C(=O)Cc2cccs2)cc1. The second-order valence-corrected chi connectivity index (χ2v) is 5.85. The number of benzene rings is 1. The van der Waals surface area contributed by atoms with Gasteiger partial charge >= 0.3 is 0 Å². The zero-order valence-corrected chi connectivity index (χ0v) is 13.0. The molecule has 1 amide bonds. The molecular formula is C16H19NO3S. The van der Waals surface area contributed by atoms with Crippen molar-refractivity contribution in [2.75, 3.05) is 20.7 Å². The summed E-state index contributed by atoms with van der Waals surface area (Å²) < 4.78 is 5.08. The summed E-state index contributed by atoms with van der Waals surface area (Å²) in [6, 6.07) is 11.1. The fraction of sp³-hybridized carbons (Fsp3) is 0.312. The van der Waals surface area contributed by atoms with Gasteiger partial charge in [0.15, 0.2) is 0 Å². The normalized spacial score (nSPS) is 12.0. The summed E-state index contributed by atoms with van der Waals surface area (Å²) in [5.41, 5.74) is 0.770. The van der Waals surface area contributed by atoms with Crippen LogP contribution in [0.25, 0.3) is 0 Å². The maximum Gasteiger partial charge on any atom is 0.227 e. The Labute approximate surface area is 128 Å². The Bertz CT molecular complexity index is 566. The standard InChI is InChI=1S/C16H19NO3S/c1-17(16(19)10-14-4-3-9-21-14)11-15(18)12-5-7-13(20-2)8-6-12/h3-9,15,18H,10-11H2,1-2H3. The number of hydrogen-bond donors (Lipinski definition) is 1. The van der Waals surface area contributed by atoms with E-state index in [2.05, 4.69) is 0 Å². The second kappa shape index (κ2) is 7.24. The van der Waals surface area contributed by atoms with Gasteiger partial charge < -0.3 is 14.7 Å². The van der Waals surface area contributed by atoms with Crippen LogP contribution in [0.2, 0.25) is 0 Å². The summed E-state index contributed by atoms with van der Waals surface area (Å²) in [6.45, 7) is 0.274. The third-order valence-electron chi connectivity index (χ3n) is 3.28. The van der Waals surface area contributed by atoms with E-state index in [1.54, 1.807) is 54.7 Å². The van der Waals surface area contributed by atoms with Crippen LogP contribution in [0.5, 0.6) is 5.75 Å². The van der Waals surface area contributed by atoms with E-state index < -0.39 is 6.10 Å². The first kappa shape index (κ1) is 15.5. The average Bonchev–Trinajstić information content (AvgIpc) is 3.00. The number of ether oxygens (including phenoxy) is 1. The topological polar surface area (TPSA) is 49.8 Å². The third kappa shape index (κ3) is 4.31. The van der Waals surface area contributed by atoms with Crippen LogP contribution in [0.15, 0.2) is 41.8 Å². The van der Waals surface area contributed by atoms with Crippen molar-refractivity contribution in [1.82, 2.24) is 4.90 Å². The van der Waals surface area contributed by atoms with Gasteiger partial charge in [-0.25, -0.2) is 0 Å². The van der Waals surface area contributed by atoms with Crippen LogP contribution in [-0.4, -0.2) is 36.6 Å². The third-order valence-corrected chi connectivity index (χ3v) is 4.16. The molecule has 1 heterocycles. The fourth-order valence-electron chi connectivity index (χ4n) is 1.99. The molecule has 0 aliphatic heterocycles. The first-order chi connectivity index (χ1) is 10.1. The molecule has 0 radical (unpaired) electrons. The summed E-state index contributed by atoms with van der Waals surface area (Å²) in [5, 5.41) is 12.2. The van der Waals surface area contributed by atoms with Crippen molar-refractivity contribution in [2.24, 2.45) is 0 Å². The maximum atomic E-state index is 12.1. The molecule has 112 valence electrons. The molecule has 0 bridgehead atoms. The highest BCUT2D eigenvalue weighted by molar-refractivity contribution is 7.10. The number of thiophene rings is 1. The summed E-state index contributed by atoms with van der Waals surface area (Å²) in [5.74, 6) is 0.748. The monoisotopic (exact) mass is 305 g/mol. The summed E-state index contributed by atoms with van der Waals surface area (Å²) in [6.07, 6.45) is -0.322. The fourth-order valence-corrected chi connectivity index (χ4v) is 2.69. The summed E-state index contributed by atoms with van der Waals surface area (Å²) in [4.78, 5) is 14.7. The maximum absolute atomic E-state index is 12.1. The molecule has 2 rings (SSSR count). The number of amides is 1. The Morgan fingerprint density at radius 1 is 1.33 bits per heavy atom. The van der Waals surface area contributed by atoms with E-state index in [0.717, 1.165) is 16.2 Å². The molecular weight excluding hydrogens is 286 g/mol. The predicted molar refractivity (Wildman–Crippen MR) is 83.6 cm³/mol. The van der Waals surface area contributed by atoms with Crippen LogP contribution >= 0.6 is 11.3 Å². The smallest absolute Gasteiger partial charge is 0.227 e. The van der Waals surface area contributed by atoms with E-state index in [0.29, 0.717) is 6.42 Å². The van der Waals surface area contributed by atoms with Crippen molar-refractivity contribution in [1.29, 1.82) is 0 Å². The number of hydrogen-bond acceptors (Lipinski definition) is 4. The van der Waals surface area contributed by atoms with Crippen molar-refractivity contribution in [3.63, 3.8) is 0 Å². The van der Waals surface area contributed by atoms with Crippen LogP contribution in [-0.2, 0) is 11.2 Å². The minimum absolute atomic E-state index is 0.00464. The highest BCUT2D eigenvalue weighted by Crippen LogP contribution is 2.18. The van der Waals surface area contributed by atoms with Gasteiger partial charge in [0.2, 0.25) is 5.91 Å². The number of nitrogens with zero attached hydrogens (tertiary/aromatic N) is 1. The molecule has 5 heteroatoms. The molecule has 0 fully saturated rings. The van der Waals surface area contributed by atoms with Crippen LogP contribution in [0, 0.1) is 0 Å². The lowest BCUT2D eigenvalue weighted by molar-refractivity contribution is -0.130. The molecule has 1 aromatic carbocycles. The lowest BCUT2D eigenvalue weighted by atomic mass is 10.1.